The molecule has 0 radical (unpaired) electrons. The first-order valence-electron chi connectivity index (χ1n) is 4.92. The number of hydrogen-bond donors (Lipinski definition) is 5. The Bertz CT molecular complexity index is 438. The van der Waals surface area contributed by atoms with E-state index in [4.69, 9.17) is 9.84 Å². The summed E-state index contributed by atoms with van der Waals surface area (Å²) >= 11 is 0. The number of nitrogens with one attached hydrogen (secondary N) is 2. The quantitative estimate of drug-likeness (QED) is 0.379. The average Bonchev–Trinajstić information content (AvgIpc) is 2.57. The first-order chi connectivity index (χ1) is 8.11. The second-order valence-corrected chi connectivity index (χ2v) is 3.55. The molecule has 0 bridgehead atoms. The van der Waals surface area contributed by atoms with Crippen LogP contribution in [0.25, 0.3) is 0 Å². The van der Waals surface area contributed by atoms with E-state index in [2.05, 4.69) is 20.3 Å². The lowest BCUT2D eigenvalue weighted by Gasteiger charge is -2.15. The minimum Gasteiger partial charge on any atom is -0.394 e. The lowest BCUT2D eigenvalue weighted by atomic mass is 10.1. The van der Waals surface area contributed by atoms with Crippen molar-refractivity contribution >= 4 is 5.95 Å². The highest BCUT2D eigenvalue weighted by Gasteiger charge is 2.42. The first-order valence-corrected chi connectivity index (χ1v) is 4.92. The van der Waals surface area contributed by atoms with Crippen molar-refractivity contribution in [2.75, 3.05) is 11.9 Å². The molecule has 0 spiro atoms. The van der Waals surface area contributed by atoms with Gasteiger partial charge in [0.25, 0.3) is 0 Å². The minimum absolute atomic E-state index is 0.0383. The summed E-state index contributed by atoms with van der Waals surface area (Å²) in [5.74, 6) is -0.0383. The molecular weight excluding hydrogens is 232 g/mol. The van der Waals surface area contributed by atoms with Crippen LogP contribution in [0.1, 0.15) is 0 Å². The van der Waals surface area contributed by atoms with Crippen molar-refractivity contribution in [2.45, 2.75) is 24.5 Å². The van der Waals surface area contributed by atoms with Crippen molar-refractivity contribution < 1.29 is 20.1 Å². The average molecular weight is 244 g/mol. The summed E-state index contributed by atoms with van der Waals surface area (Å²) in [6, 6.07) is 0. The van der Waals surface area contributed by atoms with Crippen LogP contribution in [0.3, 0.4) is 0 Å². The predicted octanol–water partition coefficient (Wildman–Crippen LogP) is -2.98. The molecule has 1 aromatic heterocycles. The van der Waals surface area contributed by atoms with E-state index in [9.17, 15) is 15.0 Å². The molecule has 2 rings (SSSR count). The van der Waals surface area contributed by atoms with Crippen LogP contribution < -0.4 is 11.0 Å². The number of aromatic nitrogens is 3. The molecule has 1 aromatic rings. The number of anilines is 1. The number of ether oxygens (including phenoxy) is 1. The molecular formula is C8H12N4O5. The summed E-state index contributed by atoms with van der Waals surface area (Å²) in [4.78, 5) is 20.3. The topological polar surface area (TPSA) is 141 Å². The maximum absolute atomic E-state index is 10.9. The number of aliphatic hydroxyl groups excluding tert-OH is 3. The van der Waals surface area contributed by atoms with Crippen molar-refractivity contribution in [3.05, 3.63) is 16.8 Å². The molecule has 1 fully saturated rings. The first kappa shape index (κ1) is 11.9. The summed E-state index contributed by atoms with van der Waals surface area (Å²) in [6.45, 7) is -0.424. The van der Waals surface area contributed by atoms with Crippen molar-refractivity contribution in [1.29, 1.82) is 0 Å². The lowest BCUT2D eigenvalue weighted by Crippen LogP contribution is -2.37. The zero-order chi connectivity index (χ0) is 12.4. The summed E-state index contributed by atoms with van der Waals surface area (Å²) in [7, 11) is 0. The van der Waals surface area contributed by atoms with Crippen LogP contribution in [0.4, 0.5) is 5.95 Å². The Kier molecular flexibility index (Phi) is 3.33. The Morgan fingerprint density at radius 2 is 2.24 bits per heavy atom. The third kappa shape index (κ3) is 2.42. The van der Waals surface area contributed by atoms with Gasteiger partial charge in [0.15, 0.2) is 6.23 Å². The molecule has 1 saturated heterocycles. The number of hydrogen-bond acceptors (Lipinski definition) is 8. The molecule has 4 atom stereocenters. The fourth-order valence-corrected chi connectivity index (χ4v) is 1.52. The number of aromatic amines is 1. The number of H-pyrrole nitrogens is 1. The van der Waals surface area contributed by atoms with Gasteiger partial charge in [-0.2, -0.15) is 4.98 Å². The molecule has 1 aliphatic heterocycles. The molecule has 0 aromatic carbocycles. The summed E-state index contributed by atoms with van der Waals surface area (Å²) < 4.78 is 5.13. The van der Waals surface area contributed by atoms with Gasteiger partial charge in [0.05, 0.1) is 6.61 Å². The molecule has 2 heterocycles. The minimum atomic E-state index is -1.24. The SMILES string of the molecule is O=c1nc(N[C@@H]2O[C@H](CO)[C@@H](O)[C@@H]2O)nc[nH]1. The van der Waals surface area contributed by atoms with Gasteiger partial charge in [-0.3, -0.25) is 4.98 Å². The van der Waals surface area contributed by atoms with Crippen LogP contribution in [0.2, 0.25) is 0 Å². The highest BCUT2D eigenvalue weighted by molar-refractivity contribution is 5.23. The van der Waals surface area contributed by atoms with E-state index < -0.39 is 36.8 Å². The van der Waals surface area contributed by atoms with Gasteiger partial charge < -0.3 is 25.4 Å². The third-order valence-corrected chi connectivity index (χ3v) is 2.40. The van der Waals surface area contributed by atoms with Crippen molar-refractivity contribution in [3.8, 4) is 0 Å². The van der Waals surface area contributed by atoms with Gasteiger partial charge in [-0.25, -0.2) is 9.78 Å². The molecule has 5 N–H and O–H groups in total. The largest absolute Gasteiger partial charge is 0.394 e. The van der Waals surface area contributed by atoms with Crippen LogP contribution in [-0.4, -0.2) is 61.4 Å². The zero-order valence-corrected chi connectivity index (χ0v) is 8.65. The van der Waals surface area contributed by atoms with E-state index in [1.807, 2.05) is 0 Å². The van der Waals surface area contributed by atoms with Gasteiger partial charge in [-0.15, -0.1) is 0 Å². The second kappa shape index (κ2) is 4.75. The second-order valence-electron chi connectivity index (χ2n) is 3.55. The number of nitrogens with zero attached hydrogens (tertiary/aromatic N) is 2. The smallest absolute Gasteiger partial charge is 0.349 e. The molecule has 9 heteroatoms. The summed E-state index contributed by atoms with van der Waals surface area (Å²) in [5.41, 5.74) is -0.603. The lowest BCUT2D eigenvalue weighted by molar-refractivity contribution is -0.0154. The molecule has 94 valence electrons. The van der Waals surface area contributed by atoms with E-state index in [0.717, 1.165) is 6.33 Å². The van der Waals surface area contributed by atoms with Gasteiger partial charge >= 0.3 is 5.69 Å². The maximum atomic E-state index is 10.9. The van der Waals surface area contributed by atoms with E-state index in [1.165, 1.54) is 0 Å². The molecule has 17 heavy (non-hydrogen) atoms. The highest BCUT2D eigenvalue weighted by atomic mass is 16.6. The Morgan fingerprint density at radius 1 is 1.47 bits per heavy atom. The maximum Gasteiger partial charge on any atom is 0.349 e. The molecule has 0 amide bonds. The molecule has 9 nitrogen and oxygen atoms in total. The fraction of sp³-hybridized carbons (Fsp3) is 0.625. The van der Waals surface area contributed by atoms with Crippen molar-refractivity contribution in [3.63, 3.8) is 0 Å². The van der Waals surface area contributed by atoms with Crippen LogP contribution >= 0.6 is 0 Å². The standard InChI is InChI=1S/C8H12N4O5/c13-1-3-4(14)5(15)6(17-3)11-7-9-2-10-8(16)12-7/h2-6,13-15H,1H2,(H2,9,10,11,12,16)/t3-,4-,5+,6-/m1/s1. The van der Waals surface area contributed by atoms with Crippen LogP contribution in [0.15, 0.2) is 11.1 Å². The molecule has 0 unspecified atom stereocenters. The predicted molar refractivity (Wildman–Crippen MR) is 54.0 cm³/mol. The molecule has 0 saturated carbocycles. The zero-order valence-electron chi connectivity index (χ0n) is 8.65. The number of aliphatic hydroxyl groups is 3. The fourth-order valence-electron chi connectivity index (χ4n) is 1.52. The van der Waals surface area contributed by atoms with E-state index in [0.29, 0.717) is 0 Å². The van der Waals surface area contributed by atoms with Crippen LogP contribution in [-0.2, 0) is 4.74 Å². The summed E-state index contributed by atoms with van der Waals surface area (Å²) in [5, 5.41) is 30.5. The van der Waals surface area contributed by atoms with E-state index in [-0.39, 0.29) is 5.95 Å². The Balaban J connectivity index is 2.07. The van der Waals surface area contributed by atoms with Crippen LogP contribution in [0.5, 0.6) is 0 Å². The number of rotatable bonds is 3. The van der Waals surface area contributed by atoms with Gasteiger partial charge in [-0.05, 0) is 0 Å². The van der Waals surface area contributed by atoms with Gasteiger partial charge in [-0.1, -0.05) is 0 Å². The third-order valence-electron chi connectivity index (χ3n) is 2.40. The van der Waals surface area contributed by atoms with Gasteiger partial charge in [0.1, 0.15) is 24.6 Å². The van der Waals surface area contributed by atoms with Crippen molar-refractivity contribution in [1.82, 2.24) is 15.0 Å². The van der Waals surface area contributed by atoms with Gasteiger partial charge in [0.2, 0.25) is 5.95 Å². The monoisotopic (exact) mass is 244 g/mol. The normalized spacial score (nSPS) is 32.6. The molecule has 1 aliphatic rings. The Morgan fingerprint density at radius 3 is 2.82 bits per heavy atom. The highest BCUT2D eigenvalue weighted by Crippen LogP contribution is 2.21. The molecule has 0 aliphatic carbocycles. The van der Waals surface area contributed by atoms with E-state index in [1.54, 1.807) is 0 Å². The van der Waals surface area contributed by atoms with E-state index >= 15 is 0 Å². The Hall–Kier alpha value is -1.55. The van der Waals surface area contributed by atoms with Crippen LogP contribution in [0, 0.1) is 0 Å². The Labute approximate surface area is 95.1 Å². The summed E-state index contributed by atoms with van der Waals surface area (Å²) in [6.07, 6.45) is -3.18. The van der Waals surface area contributed by atoms with Crippen molar-refractivity contribution in [2.24, 2.45) is 0 Å². The van der Waals surface area contributed by atoms with Gasteiger partial charge in [0, 0.05) is 0 Å².